The predicted molar refractivity (Wildman–Crippen MR) is 52.5 cm³/mol. The first-order chi connectivity index (χ1) is 6.16. The van der Waals surface area contributed by atoms with Crippen molar-refractivity contribution in [2.45, 2.75) is 14.4 Å². The van der Waals surface area contributed by atoms with Crippen molar-refractivity contribution < 1.29 is 8.83 Å². The summed E-state index contributed by atoms with van der Waals surface area (Å²) in [6, 6.07) is 4.94. The van der Waals surface area contributed by atoms with Crippen molar-refractivity contribution in [1.29, 1.82) is 0 Å². The number of benzene rings is 1. The zero-order chi connectivity index (χ0) is 9.42. The van der Waals surface area contributed by atoms with Gasteiger partial charge in [0.2, 0.25) is 0 Å². The molecule has 0 unspecified atom stereocenters. The number of hydrogen-bond acceptors (Lipinski definition) is 4. The topological polar surface area (TPSA) is 60.4 Å². The summed E-state index contributed by atoms with van der Waals surface area (Å²) in [7, 11) is 0. The Bertz CT molecular complexity index is 562. The van der Waals surface area contributed by atoms with Crippen molar-refractivity contribution in [2.24, 2.45) is 0 Å². The Morgan fingerprint density at radius 3 is 2.57 bits per heavy atom. The summed E-state index contributed by atoms with van der Waals surface area (Å²) in [6.45, 7) is 1.84. The highest BCUT2D eigenvalue weighted by Gasteiger charge is 2.03. The zero-order valence-electron chi connectivity index (χ0n) is 6.87. The van der Waals surface area contributed by atoms with E-state index < -0.39 is 11.4 Å². The van der Waals surface area contributed by atoms with E-state index in [4.69, 9.17) is 0 Å². The van der Waals surface area contributed by atoms with Gasteiger partial charge in [-0.15, -0.1) is 0 Å². The van der Waals surface area contributed by atoms with Crippen LogP contribution in [0.2, 0.25) is 0 Å². The zero-order valence-corrected chi connectivity index (χ0v) is 6.87. The summed E-state index contributed by atoms with van der Waals surface area (Å²) in [5.74, 6) is -0.971. The highest BCUT2D eigenvalue weighted by atomic mass is 16.6. The van der Waals surface area contributed by atoms with Gasteiger partial charge in [-0.1, -0.05) is 13.5 Å². The van der Waals surface area contributed by atoms with Crippen LogP contribution in [-0.4, -0.2) is 0 Å². The summed E-state index contributed by atoms with van der Waals surface area (Å²) in [5.41, 5.74) is 0.510. The molecule has 74 valence electrons. The van der Waals surface area contributed by atoms with Crippen LogP contribution in [0.3, 0.4) is 0 Å². The second-order valence-corrected chi connectivity index (χ2v) is 2.74. The highest BCUT2D eigenvalue weighted by molar-refractivity contribution is 5.75. The van der Waals surface area contributed by atoms with Gasteiger partial charge in [0.1, 0.15) is 11.0 Å². The van der Waals surface area contributed by atoms with Crippen molar-refractivity contribution in [2.75, 3.05) is 0 Å². The fourth-order valence-electron chi connectivity index (χ4n) is 1.13. The van der Waals surface area contributed by atoms with Crippen LogP contribution in [-0.2, 0) is 0 Å². The molecule has 0 spiro atoms. The molecule has 0 bridgehead atoms. The molecule has 4 nitrogen and oxygen atoms in total. The first-order valence-electron chi connectivity index (χ1n) is 3.71. The molecule has 0 fully saturated rings. The third-order valence-corrected chi connectivity index (χ3v) is 1.72. The second kappa shape index (κ2) is 3.49. The molecular weight excluding hydrogens is 184 g/mol. The Morgan fingerprint density at radius 1 is 1.14 bits per heavy atom. The van der Waals surface area contributed by atoms with Crippen LogP contribution >= 0.6 is 0 Å². The smallest absolute Gasteiger partial charge is 0.394 e. The monoisotopic (exact) mass is 194 g/mol. The lowest BCUT2D eigenvalue weighted by Crippen LogP contribution is -2.09. The predicted octanol–water partition coefficient (Wildman–Crippen LogP) is 1.69. The Kier molecular flexibility index (Phi) is 2.56. The summed E-state index contributed by atoms with van der Waals surface area (Å²) in [4.78, 5) is 21.8. The van der Waals surface area contributed by atoms with E-state index in [0.29, 0.717) is 5.39 Å². The minimum Gasteiger partial charge on any atom is -0.394 e. The van der Waals surface area contributed by atoms with Gasteiger partial charge in [0.15, 0.2) is 0 Å². The number of fused-ring (bicyclic) bond motifs is 1. The van der Waals surface area contributed by atoms with Gasteiger partial charge in [0, 0.05) is 0 Å². The molecule has 0 aliphatic carbocycles. The van der Waals surface area contributed by atoms with Crippen molar-refractivity contribution in [3.63, 3.8) is 0 Å². The van der Waals surface area contributed by atoms with Crippen LogP contribution in [0.25, 0.3) is 11.0 Å². The second-order valence-electron chi connectivity index (χ2n) is 2.74. The Morgan fingerprint density at radius 2 is 1.86 bits per heavy atom. The lowest BCUT2D eigenvalue weighted by atomic mass is 10.2. The van der Waals surface area contributed by atoms with Crippen molar-refractivity contribution in [1.82, 2.24) is 0 Å². The molecule has 2 aromatic rings. The molecule has 0 saturated heterocycles. The van der Waals surface area contributed by atoms with Gasteiger partial charge in [-0.3, -0.25) is 0 Å². The summed E-state index contributed by atoms with van der Waals surface area (Å²) in [5, 5.41) is 0.291. The highest BCUT2D eigenvalue weighted by Crippen LogP contribution is 2.09. The van der Waals surface area contributed by atoms with Crippen molar-refractivity contribution in [3.05, 3.63) is 44.8 Å². The van der Waals surface area contributed by atoms with Crippen molar-refractivity contribution >= 4 is 11.0 Å². The number of rotatable bonds is 0. The first-order valence-corrected chi connectivity index (χ1v) is 3.71. The van der Waals surface area contributed by atoms with E-state index in [1.807, 2.05) is 6.92 Å². The summed E-state index contributed by atoms with van der Waals surface area (Å²) >= 11 is 0. The summed E-state index contributed by atoms with van der Waals surface area (Å²) < 4.78 is 8.94. The van der Waals surface area contributed by atoms with Gasteiger partial charge in [0.25, 0.3) is 0 Å². The average Bonchev–Trinajstić information content (AvgIpc) is 2.06. The van der Waals surface area contributed by atoms with Gasteiger partial charge in [-0.25, -0.2) is 9.59 Å². The largest absolute Gasteiger partial charge is 0.522 e. The van der Waals surface area contributed by atoms with Crippen LogP contribution in [0.1, 0.15) is 13.0 Å². The van der Waals surface area contributed by atoms with E-state index in [1.54, 1.807) is 18.2 Å². The normalized spacial score (nSPS) is 9.79. The molecule has 2 rings (SSSR count). The van der Waals surface area contributed by atoms with Crippen LogP contribution < -0.4 is 11.4 Å². The SMILES string of the molecule is C.Cc1ccc2oc(=O)oc(=O)c2c1. The van der Waals surface area contributed by atoms with E-state index in [0.717, 1.165) is 5.56 Å². The number of hydrogen-bond donors (Lipinski definition) is 0. The minimum absolute atomic E-state index is 0. The van der Waals surface area contributed by atoms with E-state index in [9.17, 15) is 9.59 Å². The maximum absolute atomic E-state index is 11.1. The van der Waals surface area contributed by atoms with Gasteiger partial charge >= 0.3 is 11.4 Å². The van der Waals surface area contributed by atoms with E-state index in [2.05, 4.69) is 8.83 Å². The van der Waals surface area contributed by atoms with Gasteiger partial charge in [-0.2, -0.15) is 0 Å². The molecule has 0 amide bonds. The lowest BCUT2D eigenvalue weighted by Gasteiger charge is -1.93. The minimum atomic E-state index is -0.971. The first kappa shape index (κ1) is 10.2. The molecule has 1 heterocycles. The molecule has 14 heavy (non-hydrogen) atoms. The number of aryl methyl sites for hydroxylation is 1. The van der Waals surface area contributed by atoms with Gasteiger partial charge < -0.3 is 8.83 Å². The van der Waals surface area contributed by atoms with Crippen LogP contribution in [0, 0.1) is 6.92 Å². The van der Waals surface area contributed by atoms with Crippen LogP contribution in [0.4, 0.5) is 0 Å². The molecule has 0 aliphatic heterocycles. The van der Waals surface area contributed by atoms with Crippen LogP contribution in [0.15, 0.2) is 36.6 Å². The molecule has 0 saturated carbocycles. The molecule has 0 N–H and O–H groups in total. The molecule has 4 heteroatoms. The molecular formula is C10H10O4. The summed E-state index contributed by atoms with van der Waals surface area (Å²) in [6.07, 6.45) is 0. The van der Waals surface area contributed by atoms with Gasteiger partial charge in [-0.05, 0) is 24.6 Å². The molecule has 1 aromatic heterocycles. The van der Waals surface area contributed by atoms with E-state index >= 15 is 0 Å². The maximum atomic E-state index is 11.1. The quantitative estimate of drug-likeness (QED) is 0.640. The standard InChI is InChI=1S/C9H6O4.CH4/c1-5-2-3-7-6(4-5)8(10)13-9(11)12-7;/h2-4H,1H3;1H4. The Labute approximate surface area is 79.8 Å². The molecule has 0 atom stereocenters. The van der Waals surface area contributed by atoms with E-state index in [-0.39, 0.29) is 13.0 Å². The van der Waals surface area contributed by atoms with Gasteiger partial charge in [0.05, 0.1) is 0 Å². The molecule has 0 radical (unpaired) electrons. The van der Waals surface area contributed by atoms with E-state index in [1.165, 1.54) is 0 Å². The van der Waals surface area contributed by atoms with Crippen LogP contribution in [0.5, 0.6) is 0 Å². The Balaban J connectivity index is 0.000000980. The lowest BCUT2D eigenvalue weighted by molar-refractivity contribution is 0.328. The maximum Gasteiger partial charge on any atom is 0.522 e. The van der Waals surface area contributed by atoms with Crippen molar-refractivity contribution in [3.8, 4) is 0 Å². The molecule has 1 aromatic carbocycles. The third-order valence-electron chi connectivity index (χ3n) is 1.72. The Hall–Kier alpha value is -1.84. The fourth-order valence-corrected chi connectivity index (χ4v) is 1.13. The third kappa shape index (κ3) is 1.59. The molecule has 0 aliphatic rings. The fraction of sp³-hybridized carbons (Fsp3) is 0.200. The average molecular weight is 194 g/mol.